The number of carbonyl (C=O) groups is 1. The normalized spacial score (nSPS) is 10.0. The third-order valence-electron chi connectivity index (χ3n) is 2.58. The maximum atomic E-state index is 11.5. The summed E-state index contributed by atoms with van der Waals surface area (Å²) in [6.45, 7) is 4.76. The zero-order chi connectivity index (χ0) is 15.8. The number of anilines is 1. The Bertz CT molecular complexity index is 565. The van der Waals surface area contributed by atoms with Crippen molar-refractivity contribution in [1.29, 1.82) is 5.26 Å². The van der Waals surface area contributed by atoms with Crippen LogP contribution in [0.3, 0.4) is 0 Å². The molecule has 0 saturated carbocycles. The van der Waals surface area contributed by atoms with Crippen LogP contribution in [0, 0.1) is 27.4 Å². The van der Waals surface area contributed by atoms with E-state index in [0.29, 0.717) is 12.5 Å². The van der Waals surface area contributed by atoms with E-state index in [0.717, 1.165) is 0 Å². The molecule has 1 aromatic heterocycles. The number of nitriles is 1. The van der Waals surface area contributed by atoms with E-state index in [9.17, 15) is 14.9 Å². The highest BCUT2D eigenvalue weighted by molar-refractivity contribution is 5.76. The lowest BCUT2D eigenvalue weighted by Gasteiger charge is -2.09. The summed E-state index contributed by atoms with van der Waals surface area (Å²) in [7, 11) is 0. The predicted octanol–water partition coefficient (Wildman–Crippen LogP) is 1.44. The Kier molecular flexibility index (Phi) is 6.07. The van der Waals surface area contributed by atoms with Crippen LogP contribution in [0.1, 0.15) is 25.8 Å². The minimum Gasteiger partial charge on any atom is -0.364 e. The van der Waals surface area contributed by atoms with Crippen LogP contribution in [0.2, 0.25) is 0 Å². The van der Waals surface area contributed by atoms with Gasteiger partial charge in [-0.15, -0.1) is 0 Å². The largest absolute Gasteiger partial charge is 0.364 e. The predicted molar refractivity (Wildman–Crippen MR) is 76.6 cm³/mol. The highest BCUT2D eigenvalue weighted by Crippen LogP contribution is 2.25. The highest BCUT2D eigenvalue weighted by Gasteiger charge is 2.20. The summed E-state index contributed by atoms with van der Waals surface area (Å²) in [5.74, 6) is 0.211. The first-order valence-electron chi connectivity index (χ1n) is 6.49. The van der Waals surface area contributed by atoms with Crippen LogP contribution >= 0.6 is 0 Å². The highest BCUT2D eigenvalue weighted by atomic mass is 16.6. The summed E-state index contributed by atoms with van der Waals surface area (Å²) in [5, 5.41) is 25.3. The minimum atomic E-state index is -0.660. The Balaban J connectivity index is 2.62. The molecule has 2 N–H and O–H groups in total. The average molecular weight is 291 g/mol. The quantitative estimate of drug-likeness (QED) is 0.579. The van der Waals surface area contributed by atoms with Crippen LogP contribution in [-0.2, 0) is 4.79 Å². The van der Waals surface area contributed by atoms with Crippen molar-refractivity contribution in [3.05, 3.63) is 27.9 Å². The SMILES string of the molecule is CC(C)CNC(=O)CCNc1nccc(C#N)c1[N+](=O)[O-]. The van der Waals surface area contributed by atoms with Crippen LogP contribution in [0.4, 0.5) is 11.5 Å². The lowest BCUT2D eigenvalue weighted by molar-refractivity contribution is -0.384. The van der Waals surface area contributed by atoms with E-state index in [4.69, 9.17) is 5.26 Å². The summed E-state index contributed by atoms with van der Waals surface area (Å²) >= 11 is 0. The molecule has 0 spiro atoms. The zero-order valence-electron chi connectivity index (χ0n) is 11.9. The second-order valence-electron chi connectivity index (χ2n) is 4.80. The van der Waals surface area contributed by atoms with Gasteiger partial charge in [0.1, 0.15) is 11.6 Å². The van der Waals surface area contributed by atoms with Crippen molar-refractivity contribution >= 4 is 17.4 Å². The van der Waals surface area contributed by atoms with Gasteiger partial charge in [-0.25, -0.2) is 4.98 Å². The van der Waals surface area contributed by atoms with E-state index in [2.05, 4.69) is 15.6 Å². The molecule has 0 unspecified atom stereocenters. The fraction of sp³-hybridized carbons (Fsp3) is 0.462. The molecule has 0 radical (unpaired) electrons. The molecule has 1 amide bonds. The van der Waals surface area contributed by atoms with Gasteiger partial charge >= 0.3 is 5.69 Å². The molecular formula is C13H17N5O3. The number of rotatable bonds is 7. The molecular weight excluding hydrogens is 274 g/mol. The molecule has 8 heteroatoms. The van der Waals surface area contributed by atoms with Crippen LogP contribution in [-0.4, -0.2) is 28.9 Å². The molecule has 1 heterocycles. The number of carbonyl (C=O) groups excluding carboxylic acids is 1. The lowest BCUT2D eigenvalue weighted by Crippen LogP contribution is -2.28. The number of nitrogens with one attached hydrogen (secondary N) is 2. The molecule has 8 nitrogen and oxygen atoms in total. The lowest BCUT2D eigenvalue weighted by atomic mass is 10.2. The van der Waals surface area contributed by atoms with Gasteiger partial charge in [0.15, 0.2) is 0 Å². The van der Waals surface area contributed by atoms with Crippen molar-refractivity contribution in [2.24, 2.45) is 5.92 Å². The topological polar surface area (TPSA) is 121 Å². The first kappa shape index (κ1) is 16.4. The van der Waals surface area contributed by atoms with Gasteiger partial charge in [0.05, 0.1) is 4.92 Å². The smallest absolute Gasteiger partial charge is 0.328 e. The maximum absolute atomic E-state index is 11.5. The Hall–Kier alpha value is -2.69. The molecule has 0 aromatic carbocycles. The maximum Gasteiger partial charge on any atom is 0.328 e. The number of pyridine rings is 1. The molecule has 112 valence electrons. The summed E-state index contributed by atoms with van der Waals surface area (Å²) in [6, 6.07) is 3.02. The van der Waals surface area contributed by atoms with E-state index in [1.807, 2.05) is 13.8 Å². The van der Waals surface area contributed by atoms with Gasteiger partial charge in [0.2, 0.25) is 11.7 Å². The summed E-state index contributed by atoms with van der Waals surface area (Å²) in [4.78, 5) is 25.7. The van der Waals surface area contributed by atoms with Crippen LogP contribution in [0.5, 0.6) is 0 Å². The Morgan fingerprint density at radius 1 is 1.57 bits per heavy atom. The molecule has 0 aliphatic rings. The Morgan fingerprint density at radius 3 is 2.86 bits per heavy atom. The van der Waals surface area contributed by atoms with Gasteiger partial charge < -0.3 is 10.6 Å². The van der Waals surface area contributed by atoms with Gasteiger partial charge in [0.25, 0.3) is 0 Å². The van der Waals surface area contributed by atoms with Gasteiger partial charge in [0, 0.05) is 25.7 Å². The first-order chi connectivity index (χ1) is 9.95. The van der Waals surface area contributed by atoms with E-state index in [-0.39, 0.29) is 35.9 Å². The molecule has 0 atom stereocenters. The van der Waals surface area contributed by atoms with E-state index in [1.165, 1.54) is 12.3 Å². The monoisotopic (exact) mass is 291 g/mol. The fourth-order valence-corrected chi connectivity index (χ4v) is 1.56. The molecule has 1 aromatic rings. The van der Waals surface area contributed by atoms with E-state index < -0.39 is 4.92 Å². The van der Waals surface area contributed by atoms with Crippen LogP contribution in [0.15, 0.2) is 12.3 Å². The van der Waals surface area contributed by atoms with Gasteiger partial charge in [-0.2, -0.15) is 5.26 Å². The third-order valence-corrected chi connectivity index (χ3v) is 2.58. The van der Waals surface area contributed by atoms with E-state index in [1.54, 1.807) is 6.07 Å². The molecule has 0 aliphatic carbocycles. The minimum absolute atomic E-state index is 0.00397. The van der Waals surface area contributed by atoms with Crippen molar-refractivity contribution in [2.45, 2.75) is 20.3 Å². The molecule has 1 rings (SSSR count). The fourth-order valence-electron chi connectivity index (χ4n) is 1.56. The number of hydrogen-bond donors (Lipinski definition) is 2. The van der Waals surface area contributed by atoms with Crippen molar-refractivity contribution in [3.8, 4) is 6.07 Å². The first-order valence-corrected chi connectivity index (χ1v) is 6.49. The average Bonchev–Trinajstić information content (AvgIpc) is 2.44. The number of nitrogens with zero attached hydrogens (tertiary/aromatic N) is 3. The second-order valence-corrected chi connectivity index (χ2v) is 4.80. The molecule has 21 heavy (non-hydrogen) atoms. The van der Waals surface area contributed by atoms with Gasteiger partial charge in [-0.3, -0.25) is 14.9 Å². The zero-order valence-corrected chi connectivity index (χ0v) is 11.9. The van der Waals surface area contributed by atoms with Crippen LogP contribution < -0.4 is 10.6 Å². The molecule has 0 bridgehead atoms. The van der Waals surface area contributed by atoms with Crippen molar-refractivity contribution in [1.82, 2.24) is 10.3 Å². The standard InChI is InChI=1S/C13H17N5O3/c1-9(2)8-17-11(19)4-6-16-13-12(18(20)21)10(7-14)3-5-15-13/h3,5,9H,4,6,8H2,1-2H3,(H,15,16)(H,17,19). The van der Waals surface area contributed by atoms with Gasteiger partial charge in [-0.05, 0) is 12.0 Å². The van der Waals surface area contributed by atoms with E-state index >= 15 is 0 Å². The second kappa shape index (κ2) is 7.79. The number of nitro groups is 1. The Morgan fingerprint density at radius 2 is 2.29 bits per heavy atom. The third kappa shape index (κ3) is 5.06. The van der Waals surface area contributed by atoms with Crippen molar-refractivity contribution < 1.29 is 9.72 Å². The van der Waals surface area contributed by atoms with Crippen molar-refractivity contribution in [3.63, 3.8) is 0 Å². The molecule has 0 aliphatic heterocycles. The summed E-state index contributed by atoms with van der Waals surface area (Å²) < 4.78 is 0. The number of hydrogen-bond acceptors (Lipinski definition) is 6. The van der Waals surface area contributed by atoms with Gasteiger partial charge in [-0.1, -0.05) is 13.8 Å². The Labute approximate surface area is 122 Å². The number of aromatic nitrogens is 1. The summed E-state index contributed by atoms with van der Waals surface area (Å²) in [5.41, 5.74) is -0.440. The molecule has 0 saturated heterocycles. The molecule has 0 fully saturated rings. The summed E-state index contributed by atoms with van der Waals surface area (Å²) in [6.07, 6.45) is 1.48. The van der Waals surface area contributed by atoms with Crippen molar-refractivity contribution in [2.75, 3.05) is 18.4 Å². The number of amides is 1. The van der Waals surface area contributed by atoms with Crippen LogP contribution in [0.25, 0.3) is 0 Å².